The van der Waals surface area contributed by atoms with Crippen molar-refractivity contribution in [3.05, 3.63) is 0 Å². The van der Waals surface area contributed by atoms with E-state index in [4.69, 9.17) is 5.73 Å². The lowest BCUT2D eigenvalue weighted by Crippen LogP contribution is -2.61. The Balaban J connectivity index is 1.89. The van der Waals surface area contributed by atoms with Gasteiger partial charge in [-0.1, -0.05) is 27.7 Å². The maximum absolute atomic E-state index is 6.28. The Kier molecular flexibility index (Phi) is 3.07. The normalized spacial score (nSPS) is 53.7. The zero-order valence-corrected chi connectivity index (χ0v) is 13.4. The summed E-state index contributed by atoms with van der Waals surface area (Å²) in [7, 11) is 0. The Morgan fingerprint density at radius 1 is 1.11 bits per heavy atom. The summed E-state index contributed by atoms with van der Waals surface area (Å²) in [6.07, 6.45) is 5.53. The molecule has 0 aromatic rings. The number of fused-ring (bicyclic) bond motifs is 2. The van der Waals surface area contributed by atoms with Crippen LogP contribution in [0, 0.1) is 22.7 Å². The fourth-order valence-electron chi connectivity index (χ4n) is 5.89. The van der Waals surface area contributed by atoms with Gasteiger partial charge in [0.05, 0.1) is 0 Å². The zero-order valence-electron chi connectivity index (χ0n) is 13.4. The van der Waals surface area contributed by atoms with E-state index < -0.39 is 0 Å². The van der Waals surface area contributed by atoms with Crippen molar-refractivity contribution in [3.8, 4) is 0 Å². The van der Waals surface area contributed by atoms with E-state index in [0.717, 1.165) is 12.0 Å². The average Bonchev–Trinajstić information content (AvgIpc) is 2.80. The Morgan fingerprint density at radius 3 is 2.37 bits per heavy atom. The molecule has 2 aliphatic carbocycles. The van der Waals surface area contributed by atoms with E-state index >= 15 is 0 Å². The van der Waals surface area contributed by atoms with Crippen LogP contribution in [0.3, 0.4) is 0 Å². The highest BCUT2D eigenvalue weighted by Crippen LogP contribution is 2.64. The molecule has 19 heavy (non-hydrogen) atoms. The summed E-state index contributed by atoms with van der Waals surface area (Å²) in [6, 6.07) is 1.81. The maximum Gasteiger partial charge on any atom is 0.0206 e. The van der Waals surface area contributed by atoms with Gasteiger partial charge in [-0.05, 0) is 55.3 Å². The summed E-state index contributed by atoms with van der Waals surface area (Å²) in [5.41, 5.74) is 7.33. The van der Waals surface area contributed by atoms with Gasteiger partial charge in [0.1, 0.15) is 0 Å². The lowest BCUT2D eigenvalue weighted by molar-refractivity contribution is -0.0502. The van der Waals surface area contributed by atoms with Crippen molar-refractivity contribution in [2.45, 2.75) is 78.4 Å². The number of nitrogens with two attached hydrogens (primary N) is 1. The Labute approximate surface area is 119 Å². The first-order valence-corrected chi connectivity index (χ1v) is 8.29. The van der Waals surface area contributed by atoms with Crippen LogP contribution >= 0.6 is 0 Å². The molecular formula is C17H32N2. The second kappa shape index (κ2) is 4.21. The first-order valence-electron chi connectivity index (χ1n) is 8.29. The highest BCUT2D eigenvalue weighted by molar-refractivity contribution is 5.14. The molecule has 0 spiro atoms. The van der Waals surface area contributed by atoms with Gasteiger partial charge in [0.2, 0.25) is 0 Å². The number of piperidine rings is 1. The molecule has 1 aliphatic heterocycles. The van der Waals surface area contributed by atoms with Gasteiger partial charge in [-0.25, -0.2) is 0 Å². The van der Waals surface area contributed by atoms with Crippen LogP contribution in [0.25, 0.3) is 0 Å². The lowest BCUT2D eigenvalue weighted by Gasteiger charge is -2.54. The molecule has 2 bridgehead atoms. The van der Waals surface area contributed by atoms with Crippen LogP contribution in [0.5, 0.6) is 0 Å². The van der Waals surface area contributed by atoms with Crippen molar-refractivity contribution in [2.24, 2.45) is 28.4 Å². The summed E-state index contributed by atoms with van der Waals surface area (Å²) in [6.45, 7) is 13.6. The molecule has 3 rings (SSSR count). The Bertz CT molecular complexity index is 360. The molecule has 6 atom stereocenters. The minimum atomic E-state index is 0.403. The summed E-state index contributed by atoms with van der Waals surface area (Å²) in [5.74, 6) is 1.58. The standard InChI is InChI=1S/C17H32N2/c1-11-12(2)19(9-7-14(11)18)15-16(3,4)13-6-8-17(15,5)10-13/h11-15H,6-10,18H2,1-5H3. The molecule has 2 N–H and O–H groups in total. The molecular weight excluding hydrogens is 232 g/mol. The van der Waals surface area contributed by atoms with E-state index in [1.165, 1.54) is 32.2 Å². The second-order valence-electron chi connectivity index (χ2n) is 8.61. The van der Waals surface area contributed by atoms with Gasteiger partial charge in [-0.3, -0.25) is 4.90 Å². The average molecular weight is 264 g/mol. The highest BCUT2D eigenvalue weighted by atomic mass is 15.2. The maximum atomic E-state index is 6.28. The molecule has 0 aromatic heterocycles. The van der Waals surface area contributed by atoms with Gasteiger partial charge < -0.3 is 5.73 Å². The van der Waals surface area contributed by atoms with Crippen LogP contribution in [-0.2, 0) is 0 Å². The predicted octanol–water partition coefficient (Wildman–Crippen LogP) is 3.26. The van der Waals surface area contributed by atoms with Crippen molar-refractivity contribution in [1.82, 2.24) is 4.90 Å². The summed E-state index contributed by atoms with van der Waals surface area (Å²) in [5, 5.41) is 0. The SMILES string of the molecule is CC1C(N)CCN(C2C3(C)CCC(C3)C2(C)C)C1C. The van der Waals surface area contributed by atoms with Gasteiger partial charge in [0, 0.05) is 24.7 Å². The third-order valence-electron chi connectivity index (χ3n) is 7.21. The molecule has 0 aromatic carbocycles. The molecule has 3 aliphatic rings. The summed E-state index contributed by atoms with van der Waals surface area (Å²) >= 11 is 0. The Hall–Kier alpha value is -0.0800. The van der Waals surface area contributed by atoms with Crippen molar-refractivity contribution in [2.75, 3.05) is 6.54 Å². The Morgan fingerprint density at radius 2 is 1.79 bits per heavy atom. The molecule has 2 nitrogen and oxygen atoms in total. The number of likely N-dealkylation sites (tertiary alicyclic amines) is 1. The van der Waals surface area contributed by atoms with Crippen LogP contribution in [-0.4, -0.2) is 29.6 Å². The fourth-order valence-corrected chi connectivity index (χ4v) is 5.89. The van der Waals surface area contributed by atoms with Crippen molar-refractivity contribution in [1.29, 1.82) is 0 Å². The minimum absolute atomic E-state index is 0.403. The van der Waals surface area contributed by atoms with Crippen LogP contribution < -0.4 is 5.73 Å². The number of hydrogen-bond acceptors (Lipinski definition) is 2. The molecule has 2 heteroatoms. The largest absolute Gasteiger partial charge is 0.327 e. The first kappa shape index (κ1) is 13.9. The van der Waals surface area contributed by atoms with E-state index in [9.17, 15) is 0 Å². The van der Waals surface area contributed by atoms with Crippen LogP contribution in [0.15, 0.2) is 0 Å². The van der Waals surface area contributed by atoms with E-state index in [1.54, 1.807) is 0 Å². The molecule has 3 fully saturated rings. The number of nitrogens with zero attached hydrogens (tertiary/aromatic N) is 1. The molecule has 2 saturated carbocycles. The predicted molar refractivity (Wildman–Crippen MR) is 80.9 cm³/mol. The highest BCUT2D eigenvalue weighted by Gasteiger charge is 2.61. The number of hydrogen-bond donors (Lipinski definition) is 1. The van der Waals surface area contributed by atoms with Crippen LogP contribution in [0.1, 0.15) is 60.3 Å². The molecule has 1 heterocycles. The van der Waals surface area contributed by atoms with Gasteiger partial charge in [0.25, 0.3) is 0 Å². The minimum Gasteiger partial charge on any atom is -0.327 e. The quantitative estimate of drug-likeness (QED) is 0.787. The van der Waals surface area contributed by atoms with E-state index in [0.29, 0.717) is 28.8 Å². The monoisotopic (exact) mass is 264 g/mol. The number of rotatable bonds is 1. The van der Waals surface area contributed by atoms with Crippen molar-refractivity contribution in [3.63, 3.8) is 0 Å². The zero-order chi connectivity index (χ0) is 14.0. The molecule has 6 unspecified atom stereocenters. The van der Waals surface area contributed by atoms with Gasteiger partial charge >= 0.3 is 0 Å². The third-order valence-corrected chi connectivity index (χ3v) is 7.21. The van der Waals surface area contributed by atoms with Crippen molar-refractivity contribution >= 4 is 0 Å². The second-order valence-corrected chi connectivity index (χ2v) is 8.61. The van der Waals surface area contributed by atoms with E-state index in [-0.39, 0.29) is 0 Å². The van der Waals surface area contributed by atoms with Crippen molar-refractivity contribution < 1.29 is 0 Å². The molecule has 0 radical (unpaired) electrons. The van der Waals surface area contributed by atoms with E-state index in [1.807, 2.05) is 0 Å². The van der Waals surface area contributed by atoms with E-state index in [2.05, 4.69) is 39.5 Å². The molecule has 1 saturated heterocycles. The summed E-state index contributed by atoms with van der Waals surface area (Å²) in [4.78, 5) is 2.84. The van der Waals surface area contributed by atoms with Gasteiger partial charge in [-0.2, -0.15) is 0 Å². The summed E-state index contributed by atoms with van der Waals surface area (Å²) < 4.78 is 0. The van der Waals surface area contributed by atoms with Gasteiger partial charge in [-0.15, -0.1) is 0 Å². The topological polar surface area (TPSA) is 29.3 Å². The smallest absolute Gasteiger partial charge is 0.0206 e. The lowest BCUT2D eigenvalue weighted by atomic mass is 9.66. The molecule has 0 amide bonds. The van der Waals surface area contributed by atoms with Gasteiger partial charge in [0.15, 0.2) is 0 Å². The third kappa shape index (κ3) is 1.82. The fraction of sp³-hybridized carbons (Fsp3) is 1.00. The first-order chi connectivity index (χ1) is 8.77. The van der Waals surface area contributed by atoms with Crippen LogP contribution in [0.2, 0.25) is 0 Å². The molecule has 110 valence electrons. The van der Waals surface area contributed by atoms with Crippen LogP contribution in [0.4, 0.5) is 0 Å².